The van der Waals surface area contributed by atoms with Crippen LogP contribution in [0.25, 0.3) is 0 Å². The average Bonchev–Trinajstić information content (AvgIpc) is 2.68. The zero-order chi connectivity index (χ0) is 13.8. The Labute approximate surface area is 117 Å². The van der Waals surface area contributed by atoms with E-state index in [-0.39, 0.29) is 0 Å². The van der Waals surface area contributed by atoms with Crippen LogP contribution < -0.4 is 0 Å². The summed E-state index contributed by atoms with van der Waals surface area (Å²) in [7, 11) is 2.07. The molecule has 0 radical (unpaired) electrons. The second kappa shape index (κ2) is 4.08. The SMILES string of the molecule is Cc1cnn(C)c1CN1C[C@]2(C)C[C@H]1CC(C)(C)C2. The molecule has 2 bridgehead atoms. The van der Waals surface area contributed by atoms with Crippen LogP contribution in [0.5, 0.6) is 0 Å². The molecule has 1 aromatic heterocycles. The van der Waals surface area contributed by atoms with Crippen LogP contribution in [0.15, 0.2) is 6.20 Å². The average molecular weight is 261 g/mol. The molecule has 0 amide bonds. The van der Waals surface area contributed by atoms with Crippen molar-refractivity contribution in [2.24, 2.45) is 17.9 Å². The van der Waals surface area contributed by atoms with Gasteiger partial charge in [0.1, 0.15) is 0 Å². The summed E-state index contributed by atoms with van der Waals surface area (Å²) >= 11 is 0. The summed E-state index contributed by atoms with van der Waals surface area (Å²) in [6.45, 7) is 11.9. The maximum absolute atomic E-state index is 4.38. The first-order valence-electron chi connectivity index (χ1n) is 7.50. The summed E-state index contributed by atoms with van der Waals surface area (Å²) < 4.78 is 2.05. The predicted octanol–water partition coefficient (Wildman–Crippen LogP) is 3.13. The lowest BCUT2D eigenvalue weighted by Crippen LogP contribution is -2.34. The highest BCUT2D eigenvalue weighted by molar-refractivity contribution is 5.16. The molecule has 0 N–H and O–H groups in total. The number of rotatable bonds is 2. The minimum Gasteiger partial charge on any atom is -0.294 e. The number of nitrogens with zero attached hydrogens (tertiary/aromatic N) is 3. The van der Waals surface area contributed by atoms with E-state index in [4.69, 9.17) is 0 Å². The fraction of sp³-hybridized carbons (Fsp3) is 0.812. The van der Waals surface area contributed by atoms with Gasteiger partial charge in [-0.3, -0.25) is 9.58 Å². The Morgan fingerprint density at radius 3 is 2.68 bits per heavy atom. The molecule has 2 atom stereocenters. The minimum absolute atomic E-state index is 0.508. The summed E-state index contributed by atoms with van der Waals surface area (Å²) in [5, 5.41) is 4.38. The third-order valence-corrected chi connectivity index (χ3v) is 5.15. The van der Waals surface area contributed by atoms with Gasteiger partial charge < -0.3 is 0 Å². The first-order valence-corrected chi connectivity index (χ1v) is 7.50. The smallest absolute Gasteiger partial charge is 0.0550 e. The topological polar surface area (TPSA) is 21.1 Å². The van der Waals surface area contributed by atoms with Crippen molar-refractivity contribution in [2.75, 3.05) is 6.54 Å². The van der Waals surface area contributed by atoms with E-state index in [1.54, 1.807) is 0 Å². The van der Waals surface area contributed by atoms with Crippen molar-refractivity contribution < 1.29 is 0 Å². The molecule has 1 saturated carbocycles. The molecule has 19 heavy (non-hydrogen) atoms. The lowest BCUT2D eigenvalue weighted by molar-refractivity contribution is 0.126. The van der Waals surface area contributed by atoms with E-state index in [1.807, 2.05) is 10.9 Å². The van der Waals surface area contributed by atoms with Gasteiger partial charge in [-0.25, -0.2) is 0 Å². The van der Waals surface area contributed by atoms with E-state index >= 15 is 0 Å². The van der Waals surface area contributed by atoms with Crippen LogP contribution in [0.1, 0.15) is 51.3 Å². The summed E-state index contributed by atoms with van der Waals surface area (Å²) in [5.74, 6) is 0. The molecule has 2 aliphatic rings. The maximum atomic E-state index is 4.38. The summed E-state index contributed by atoms with van der Waals surface area (Å²) in [6.07, 6.45) is 6.09. The number of fused-ring (bicyclic) bond motifs is 2. The molecule has 1 saturated heterocycles. The Kier molecular flexibility index (Phi) is 2.83. The normalized spacial score (nSPS) is 33.8. The van der Waals surface area contributed by atoms with Gasteiger partial charge >= 0.3 is 0 Å². The second-order valence-corrected chi connectivity index (χ2v) is 8.02. The zero-order valence-corrected chi connectivity index (χ0v) is 13.0. The third-order valence-electron chi connectivity index (χ3n) is 5.15. The largest absolute Gasteiger partial charge is 0.294 e. The van der Waals surface area contributed by atoms with Crippen LogP contribution in [0.3, 0.4) is 0 Å². The fourth-order valence-corrected chi connectivity index (χ4v) is 4.75. The monoisotopic (exact) mass is 261 g/mol. The summed E-state index contributed by atoms with van der Waals surface area (Å²) in [4.78, 5) is 2.71. The zero-order valence-electron chi connectivity index (χ0n) is 13.0. The Morgan fingerprint density at radius 1 is 1.32 bits per heavy atom. The Bertz CT molecular complexity index is 469. The lowest BCUT2D eigenvalue weighted by Gasteiger charge is -2.40. The van der Waals surface area contributed by atoms with Crippen molar-refractivity contribution in [1.82, 2.24) is 14.7 Å². The number of hydrogen-bond acceptors (Lipinski definition) is 2. The Morgan fingerprint density at radius 2 is 2.05 bits per heavy atom. The van der Waals surface area contributed by atoms with Gasteiger partial charge in [-0.05, 0) is 42.6 Å². The molecule has 2 fully saturated rings. The Hall–Kier alpha value is -0.830. The third kappa shape index (κ3) is 2.33. The van der Waals surface area contributed by atoms with Gasteiger partial charge in [0.15, 0.2) is 0 Å². The standard InChI is InChI=1S/C16H27N3/c1-12-8-17-18(5)14(12)9-19-11-16(4)7-13(19)6-15(2,3)10-16/h8,13H,6-7,9-11H2,1-5H3/t13-,16-/m1/s1. The lowest BCUT2D eigenvalue weighted by atomic mass is 9.65. The molecule has 1 aliphatic heterocycles. The fourth-order valence-electron chi connectivity index (χ4n) is 4.75. The molecule has 3 nitrogen and oxygen atoms in total. The molecule has 0 aromatic carbocycles. The van der Waals surface area contributed by atoms with E-state index in [1.165, 1.54) is 37.1 Å². The van der Waals surface area contributed by atoms with Crippen molar-refractivity contribution in [3.63, 3.8) is 0 Å². The molecule has 2 heterocycles. The van der Waals surface area contributed by atoms with E-state index in [0.717, 1.165) is 12.6 Å². The summed E-state index contributed by atoms with van der Waals surface area (Å²) in [5.41, 5.74) is 3.75. The van der Waals surface area contributed by atoms with E-state index < -0.39 is 0 Å². The van der Waals surface area contributed by atoms with Gasteiger partial charge in [0, 0.05) is 26.2 Å². The van der Waals surface area contributed by atoms with Crippen molar-refractivity contribution in [3.05, 3.63) is 17.5 Å². The van der Waals surface area contributed by atoms with Crippen molar-refractivity contribution in [1.29, 1.82) is 0 Å². The number of hydrogen-bond donors (Lipinski definition) is 0. The summed E-state index contributed by atoms with van der Waals surface area (Å²) in [6, 6.07) is 0.767. The van der Waals surface area contributed by atoms with Crippen LogP contribution in [0.4, 0.5) is 0 Å². The first kappa shape index (κ1) is 13.2. The van der Waals surface area contributed by atoms with Gasteiger partial charge in [-0.1, -0.05) is 20.8 Å². The van der Waals surface area contributed by atoms with Crippen molar-refractivity contribution in [2.45, 2.75) is 59.5 Å². The molecule has 3 heteroatoms. The number of likely N-dealkylation sites (tertiary alicyclic amines) is 1. The van der Waals surface area contributed by atoms with Crippen LogP contribution >= 0.6 is 0 Å². The maximum Gasteiger partial charge on any atom is 0.0550 e. The predicted molar refractivity (Wildman–Crippen MR) is 77.9 cm³/mol. The molecule has 0 spiro atoms. The quantitative estimate of drug-likeness (QED) is 0.815. The minimum atomic E-state index is 0.508. The van der Waals surface area contributed by atoms with Crippen molar-refractivity contribution in [3.8, 4) is 0 Å². The van der Waals surface area contributed by atoms with Crippen LogP contribution in [-0.2, 0) is 13.6 Å². The van der Waals surface area contributed by atoms with Crippen LogP contribution in [0, 0.1) is 17.8 Å². The van der Waals surface area contributed by atoms with Gasteiger partial charge in [0.05, 0.1) is 11.9 Å². The molecule has 106 valence electrons. The van der Waals surface area contributed by atoms with E-state index in [9.17, 15) is 0 Å². The van der Waals surface area contributed by atoms with Gasteiger partial charge in [-0.15, -0.1) is 0 Å². The van der Waals surface area contributed by atoms with Crippen LogP contribution in [-0.4, -0.2) is 27.3 Å². The first-order chi connectivity index (χ1) is 8.78. The second-order valence-electron chi connectivity index (χ2n) is 8.02. The van der Waals surface area contributed by atoms with Crippen LogP contribution in [0.2, 0.25) is 0 Å². The number of aryl methyl sites for hydroxylation is 2. The van der Waals surface area contributed by atoms with Gasteiger partial charge in [0.2, 0.25) is 0 Å². The molecule has 1 aliphatic carbocycles. The highest BCUT2D eigenvalue weighted by Crippen LogP contribution is 2.52. The van der Waals surface area contributed by atoms with E-state index in [0.29, 0.717) is 10.8 Å². The Balaban J connectivity index is 1.81. The molecule has 0 unspecified atom stereocenters. The van der Waals surface area contributed by atoms with Gasteiger partial charge in [-0.2, -0.15) is 5.10 Å². The molecular formula is C16H27N3. The highest BCUT2D eigenvalue weighted by Gasteiger charge is 2.49. The molecule has 1 aromatic rings. The van der Waals surface area contributed by atoms with E-state index in [2.05, 4.69) is 44.7 Å². The van der Waals surface area contributed by atoms with Gasteiger partial charge in [0.25, 0.3) is 0 Å². The van der Waals surface area contributed by atoms with Crippen molar-refractivity contribution >= 4 is 0 Å². The molecular weight excluding hydrogens is 234 g/mol. The number of aromatic nitrogens is 2. The highest BCUT2D eigenvalue weighted by atomic mass is 15.3. The molecule has 3 rings (SSSR count).